The molecule has 0 unspecified atom stereocenters. The Morgan fingerprint density at radius 3 is 2.47 bits per heavy atom. The maximum atomic E-state index is 14.5. The summed E-state index contributed by atoms with van der Waals surface area (Å²) in [5, 5.41) is 13.0. The average molecular weight is 712 g/mol. The van der Waals surface area contributed by atoms with E-state index in [9.17, 15) is 4.79 Å². The third-order valence-electron chi connectivity index (χ3n) is 7.57. The number of methoxy groups -OCH3 is 1. The van der Waals surface area contributed by atoms with Crippen molar-refractivity contribution in [1.82, 2.24) is 5.32 Å². The van der Waals surface area contributed by atoms with Gasteiger partial charge < -0.3 is 24.6 Å². The summed E-state index contributed by atoms with van der Waals surface area (Å²) in [7, 11) is 1.63. The van der Waals surface area contributed by atoms with Crippen LogP contribution in [0.1, 0.15) is 34.8 Å². The normalized spacial score (nSPS) is 17.4. The van der Waals surface area contributed by atoms with Crippen molar-refractivity contribution in [1.29, 1.82) is 0 Å². The molecule has 0 saturated carbocycles. The van der Waals surface area contributed by atoms with E-state index in [2.05, 4.69) is 21.2 Å². The molecule has 7 nitrogen and oxygen atoms in total. The monoisotopic (exact) mass is 710 g/mol. The minimum absolute atomic E-state index is 0.0535. The van der Waals surface area contributed by atoms with Gasteiger partial charge in [0.05, 0.1) is 13.7 Å². The molecule has 2 atom stereocenters. The topological polar surface area (TPSA) is 89.4 Å². The molecule has 0 spiro atoms. The Hall–Kier alpha value is -3.56. The molecule has 0 bridgehead atoms. The van der Waals surface area contributed by atoms with Crippen LogP contribution in [0.3, 0.4) is 0 Å². The fraction of sp³-hybridized carbons (Fsp3) is 0.257. The number of nitrogens with one attached hydrogen (secondary N) is 1. The summed E-state index contributed by atoms with van der Waals surface area (Å²) in [6.07, 6.45) is 0.452. The molecule has 1 aliphatic heterocycles. The third kappa shape index (κ3) is 7.64. The van der Waals surface area contributed by atoms with E-state index in [0.717, 1.165) is 21.3 Å². The SMILES string of the molecule is COc1ccccc1CCNC(=O)[C@]1(Cc2ccccc2Br)N=C(c2ccc(OCCCO)cc2)O[C@@H]1c1ccc(Cl)cc1Cl. The lowest BCUT2D eigenvalue weighted by Gasteiger charge is -2.31. The molecule has 0 aliphatic carbocycles. The zero-order valence-electron chi connectivity index (χ0n) is 24.6. The first-order chi connectivity index (χ1) is 21.8. The summed E-state index contributed by atoms with van der Waals surface area (Å²) in [6, 6.07) is 27.9. The van der Waals surface area contributed by atoms with Gasteiger partial charge in [-0.1, -0.05) is 81.6 Å². The highest BCUT2D eigenvalue weighted by Gasteiger charge is 2.54. The number of nitrogens with zero attached hydrogens (tertiary/aromatic N) is 1. The van der Waals surface area contributed by atoms with Crippen molar-refractivity contribution in [2.75, 3.05) is 26.9 Å². The molecular weight excluding hydrogens is 679 g/mol. The summed E-state index contributed by atoms with van der Waals surface area (Å²) in [5.41, 5.74) is 1.71. The van der Waals surface area contributed by atoms with Crippen LogP contribution in [0.4, 0.5) is 0 Å². The van der Waals surface area contributed by atoms with Crippen molar-refractivity contribution in [2.45, 2.75) is 30.9 Å². The quantitative estimate of drug-likeness (QED) is 0.141. The number of aliphatic hydroxyl groups is 1. The van der Waals surface area contributed by atoms with Crippen molar-refractivity contribution in [3.63, 3.8) is 0 Å². The van der Waals surface area contributed by atoms with Gasteiger partial charge in [-0.3, -0.25) is 4.79 Å². The van der Waals surface area contributed by atoms with E-state index in [4.69, 9.17) is 47.5 Å². The van der Waals surface area contributed by atoms with Gasteiger partial charge in [-0.05, 0) is 66.1 Å². The second kappa shape index (κ2) is 15.1. The number of ether oxygens (including phenoxy) is 3. The van der Waals surface area contributed by atoms with Crippen LogP contribution >= 0.6 is 39.1 Å². The smallest absolute Gasteiger partial charge is 0.252 e. The number of carbonyl (C=O) groups is 1. The Kier molecular flexibility index (Phi) is 11.0. The van der Waals surface area contributed by atoms with E-state index < -0.39 is 11.6 Å². The molecule has 4 aromatic carbocycles. The third-order valence-corrected chi connectivity index (χ3v) is 8.90. The van der Waals surface area contributed by atoms with Gasteiger partial charge >= 0.3 is 0 Å². The predicted molar refractivity (Wildman–Crippen MR) is 181 cm³/mol. The predicted octanol–water partition coefficient (Wildman–Crippen LogP) is 7.38. The Morgan fingerprint density at radius 2 is 1.76 bits per heavy atom. The highest BCUT2D eigenvalue weighted by molar-refractivity contribution is 9.10. The number of hydrogen-bond acceptors (Lipinski definition) is 6. The van der Waals surface area contributed by atoms with E-state index in [0.29, 0.717) is 58.8 Å². The fourth-order valence-corrected chi connectivity index (χ4v) is 6.21. The molecule has 1 amide bonds. The molecule has 0 radical (unpaired) electrons. The molecule has 234 valence electrons. The van der Waals surface area contributed by atoms with Crippen LogP contribution in [-0.2, 0) is 22.4 Å². The van der Waals surface area contributed by atoms with Crippen LogP contribution < -0.4 is 14.8 Å². The van der Waals surface area contributed by atoms with Crippen LogP contribution in [0.25, 0.3) is 0 Å². The lowest BCUT2D eigenvalue weighted by atomic mass is 9.82. The highest BCUT2D eigenvalue weighted by Crippen LogP contribution is 2.45. The van der Waals surface area contributed by atoms with Crippen LogP contribution in [0.2, 0.25) is 10.0 Å². The number of aliphatic imine (C=N–C) groups is 1. The standard InChI is InChI=1S/C35H33BrCl2N2O5/c1-43-31-10-5-3-7-23(31)17-18-39-34(42)35(22-25-8-2-4-9-29(25)36)32(28-16-13-26(37)21-30(28)38)45-33(40-35)24-11-14-27(15-12-24)44-20-6-19-41/h2-5,7-16,21,32,41H,6,17-20,22H2,1H3,(H,39,42)/t32-,35-/m1/s1. The van der Waals surface area contributed by atoms with E-state index in [-0.39, 0.29) is 18.9 Å². The second-order valence-corrected chi connectivity index (χ2v) is 12.2. The zero-order chi connectivity index (χ0) is 31.8. The lowest BCUT2D eigenvalue weighted by molar-refractivity contribution is -0.128. The average Bonchev–Trinajstić information content (AvgIpc) is 3.43. The number of para-hydroxylation sites is 1. The van der Waals surface area contributed by atoms with Gasteiger partial charge in [0.25, 0.3) is 5.91 Å². The van der Waals surface area contributed by atoms with E-state index in [1.54, 1.807) is 25.3 Å². The maximum Gasteiger partial charge on any atom is 0.252 e. The summed E-state index contributed by atoms with van der Waals surface area (Å²) >= 11 is 16.7. The number of hydrogen-bond donors (Lipinski definition) is 2. The fourth-order valence-electron chi connectivity index (χ4n) is 5.28. The Labute approximate surface area is 281 Å². The Bertz CT molecular complexity index is 1670. The highest BCUT2D eigenvalue weighted by atomic mass is 79.9. The molecule has 10 heteroatoms. The molecule has 2 N–H and O–H groups in total. The zero-order valence-corrected chi connectivity index (χ0v) is 27.7. The molecular formula is C35H33BrCl2N2O5. The lowest BCUT2D eigenvalue weighted by Crippen LogP contribution is -2.50. The molecule has 0 fully saturated rings. The Balaban J connectivity index is 1.55. The molecule has 45 heavy (non-hydrogen) atoms. The summed E-state index contributed by atoms with van der Waals surface area (Å²) in [6.45, 7) is 0.801. The molecule has 0 aromatic heterocycles. The van der Waals surface area contributed by atoms with E-state index >= 15 is 0 Å². The maximum absolute atomic E-state index is 14.5. The number of rotatable bonds is 13. The van der Waals surface area contributed by atoms with Gasteiger partial charge in [-0.15, -0.1) is 0 Å². The number of amides is 1. The van der Waals surface area contributed by atoms with Crippen LogP contribution in [0.5, 0.6) is 11.5 Å². The van der Waals surface area contributed by atoms with Crippen molar-refractivity contribution >= 4 is 50.9 Å². The van der Waals surface area contributed by atoms with Crippen LogP contribution in [0.15, 0.2) is 100 Å². The minimum Gasteiger partial charge on any atom is -0.496 e. The number of benzene rings is 4. The molecule has 1 heterocycles. The van der Waals surface area contributed by atoms with Crippen molar-refractivity contribution < 1.29 is 24.1 Å². The summed E-state index contributed by atoms with van der Waals surface area (Å²) in [5.74, 6) is 1.41. The van der Waals surface area contributed by atoms with Gasteiger partial charge in [-0.25, -0.2) is 4.99 Å². The van der Waals surface area contributed by atoms with Crippen molar-refractivity contribution in [3.8, 4) is 11.5 Å². The molecule has 5 rings (SSSR count). The first-order valence-corrected chi connectivity index (χ1v) is 16.1. The Morgan fingerprint density at radius 1 is 1.02 bits per heavy atom. The van der Waals surface area contributed by atoms with Crippen LogP contribution in [0, 0.1) is 0 Å². The van der Waals surface area contributed by atoms with Gasteiger partial charge in [0.2, 0.25) is 5.90 Å². The van der Waals surface area contributed by atoms with Gasteiger partial charge in [0, 0.05) is 51.6 Å². The molecule has 1 aliphatic rings. The number of carbonyl (C=O) groups excluding carboxylic acids is 1. The first kappa shape index (κ1) is 32.8. The van der Waals surface area contributed by atoms with Gasteiger partial charge in [0.15, 0.2) is 11.6 Å². The molecule has 4 aromatic rings. The summed E-state index contributed by atoms with van der Waals surface area (Å²) in [4.78, 5) is 19.6. The molecule has 0 saturated heterocycles. The van der Waals surface area contributed by atoms with E-state index in [1.807, 2.05) is 72.8 Å². The first-order valence-electron chi connectivity index (χ1n) is 14.5. The van der Waals surface area contributed by atoms with Crippen LogP contribution in [-0.4, -0.2) is 49.3 Å². The van der Waals surface area contributed by atoms with Crippen molar-refractivity contribution in [2.24, 2.45) is 4.99 Å². The van der Waals surface area contributed by atoms with E-state index in [1.165, 1.54) is 0 Å². The minimum atomic E-state index is -1.42. The number of aliphatic hydroxyl groups excluding tert-OH is 1. The van der Waals surface area contributed by atoms with Gasteiger partial charge in [0.1, 0.15) is 11.5 Å². The number of halogens is 3. The largest absolute Gasteiger partial charge is 0.496 e. The van der Waals surface area contributed by atoms with Crippen molar-refractivity contribution in [3.05, 3.63) is 128 Å². The second-order valence-electron chi connectivity index (χ2n) is 10.5. The van der Waals surface area contributed by atoms with Gasteiger partial charge in [-0.2, -0.15) is 0 Å². The summed E-state index contributed by atoms with van der Waals surface area (Å²) < 4.78 is 18.6.